The van der Waals surface area contributed by atoms with Crippen LogP contribution in [0.4, 0.5) is 5.69 Å². The summed E-state index contributed by atoms with van der Waals surface area (Å²) in [6, 6.07) is 9.01. The third-order valence-corrected chi connectivity index (χ3v) is 4.37. The van der Waals surface area contributed by atoms with E-state index in [0.29, 0.717) is 6.04 Å². The van der Waals surface area contributed by atoms with Gasteiger partial charge in [0.05, 0.1) is 17.2 Å². The maximum Gasteiger partial charge on any atom is 0.0898 e. The second kappa shape index (κ2) is 6.86. The van der Waals surface area contributed by atoms with Gasteiger partial charge in [-0.3, -0.25) is 0 Å². The van der Waals surface area contributed by atoms with Gasteiger partial charge >= 0.3 is 0 Å². The number of hydrogen-bond acceptors (Lipinski definition) is 4. The molecule has 1 aromatic heterocycles. The molecule has 0 fully saturated rings. The van der Waals surface area contributed by atoms with Gasteiger partial charge in [0.1, 0.15) is 0 Å². The van der Waals surface area contributed by atoms with Crippen molar-refractivity contribution in [1.82, 2.24) is 10.3 Å². The molecule has 0 amide bonds. The Bertz CT molecular complexity index is 546. The lowest BCUT2D eigenvalue weighted by Crippen LogP contribution is -2.22. The maximum absolute atomic E-state index is 4.55. The van der Waals surface area contributed by atoms with Gasteiger partial charge in [-0.25, -0.2) is 4.98 Å². The van der Waals surface area contributed by atoms with Crippen molar-refractivity contribution in [3.63, 3.8) is 0 Å². The van der Waals surface area contributed by atoms with Crippen molar-refractivity contribution < 1.29 is 0 Å². The number of hydrogen-bond donors (Lipinski definition) is 1. The molecule has 0 bridgehead atoms. The van der Waals surface area contributed by atoms with Gasteiger partial charge in [-0.1, -0.05) is 25.1 Å². The lowest BCUT2D eigenvalue weighted by molar-refractivity contribution is 0.575. The van der Waals surface area contributed by atoms with E-state index >= 15 is 0 Å². The predicted octanol–water partition coefficient (Wildman–Crippen LogP) is 3.76. The van der Waals surface area contributed by atoms with E-state index in [9.17, 15) is 0 Å². The molecule has 1 N–H and O–H groups in total. The number of para-hydroxylation sites is 1. The molecule has 1 unspecified atom stereocenters. The van der Waals surface area contributed by atoms with Crippen LogP contribution in [-0.4, -0.2) is 19.1 Å². The lowest BCUT2D eigenvalue weighted by atomic mass is 10.0. The summed E-state index contributed by atoms with van der Waals surface area (Å²) in [7, 11) is 4.16. The summed E-state index contributed by atoms with van der Waals surface area (Å²) < 4.78 is 0. The van der Waals surface area contributed by atoms with Gasteiger partial charge in [-0.15, -0.1) is 11.3 Å². The Balaban J connectivity index is 2.23. The quantitative estimate of drug-likeness (QED) is 0.877. The number of aromatic nitrogens is 1. The Hall–Kier alpha value is -1.39. The predicted molar refractivity (Wildman–Crippen MR) is 87.5 cm³/mol. The summed E-state index contributed by atoms with van der Waals surface area (Å²) in [4.78, 5) is 6.83. The first-order valence-electron chi connectivity index (χ1n) is 7.04. The number of nitrogens with zero attached hydrogens (tertiary/aromatic N) is 2. The molecule has 1 atom stereocenters. The molecule has 4 heteroatoms. The summed E-state index contributed by atoms with van der Waals surface area (Å²) in [5, 5.41) is 6.66. The van der Waals surface area contributed by atoms with Crippen LogP contribution in [0.1, 0.15) is 35.7 Å². The van der Waals surface area contributed by atoms with E-state index in [-0.39, 0.29) is 0 Å². The average Bonchev–Trinajstić information content (AvgIpc) is 2.86. The highest BCUT2D eigenvalue weighted by atomic mass is 32.1. The van der Waals surface area contributed by atoms with Crippen LogP contribution >= 0.6 is 11.3 Å². The molecule has 2 rings (SSSR count). The molecule has 3 nitrogen and oxygen atoms in total. The number of thiazole rings is 1. The van der Waals surface area contributed by atoms with Crippen LogP contribution in [-0.2, 0) is 6.54 Å². The Labute approximate surface area is 125 Å². The molecule has 0 aliphatic rings. The topological polar surface area (TPSA) is 28.2 Å². The summed E-state index contributed by atoms with van der Waals surface area (Å²) in [6.45, 7) is 5.11. The van der Waals surface area contributed by atoms with Crippen LogP contribution < -0.4 is 10.2 Å². The zero-order valence-electron chi connectivity index (χ0n) is 12.7. The molecule has 2 aromatic rings. The van der Waals surface area contributed by atoms with Crippen LogP contribution in [0.3, 0.4) is 0 Å². The van der Waals surface area contributed by atoms with Crippen LogP contribution in [0.2, 0.25) is 0 Å². The standard InChI is InChI=1S/C16H23N3S/c1-5-15(17-3)14-8-6-7-9-16(14)19(4)10-13-11-20-12(2)18-13/h6-9,11,15,17H,5,10H2,1-4H3. The summed E-state index contributed by atoms with van der Waals surface area (Å²) in [6.07, 6.45) is 1.08. The fourth-order valence-electron chi connectivity index (χ4n) is 2.52. The van der Waals surface area contributed by atoms with Crippen LogP contribution in [0, 0.1) is 6.92 Å². The van der Waals surface area contributed by atoms with Crippen molar-refractivity contribution >= 4 is 17.0 Å². The van der Waals surface area contributed by atoms with Crippen molar-refractivity contribution in [3.05, 3.63) is 45.9 Å². The third-order valence-electron chi connectivity index (χ3n) is 3.55. The minimum Gasteiger partial charge on any atom is -0.368 e. The molecule has 0 aliphatic heterocycles. The SMILES string of the molecule is CCC(NC)c1ccccc1N(C)Cc1csc(C)n1. The lowest BCUT2D eigenvalue weighted by Gasteiger charge is -2.25. The average molecular weight is 289 g/mol. The molecule has 1 aromatic carbocycles. The van der Waals surface area contributed by atoms with Gasteiger partial charge in [-0.05, 0) is 32.0 Å². The molecule has 0 saturated carbocycles. The van der Waals surface area contributed by atoms with Gasteiger partial charge < -0.3 is 10.2 Å². The Kier molecular flexibility index (Phi) is 5.15. The molecular weight excluding hydrogens is 266 g/mol. The normalized spacial score (nSPS) is 12.4. The zero-order chi connectivity index (χ0) is 14.5. The fourth-order valence-corrected chi connectivity index (χ4v) is 3.12. The Morgan fingerprint density at radius 1 is 1.35 bits per heavy atom. The monoisotopic (exact) mass is 289 g/mol. The van der Waals surface area contributed by atoms with Crippen LogP contribution in [0.25, 0.3) is 0 Å². The van der Waals surface area contributed by atoms with Gasteiger partial charge in [0.15, 0.2) is 0 Å². The number of aryl methyl sites for hydroxylation is 1. The van der Waals surface area contributed by atoms with E-state index in [0.717, 1.165) is 23.7 Å². The highest BCUT2D eigenvalue weighted by Crippen LogP contribution is 2.28. The Morgan fingerprint density at radius 3 is 2.70 bits per heavy atom. The van der Waals surface area contributed by atoms with Crippen molar-refractivity contribution in [2.45, 2.75) is 32.9 Å². The van der Waals surface area contributed by atoms with E-state index in [2.05, 4.69) is 65.7 Å². The summed E-state index contributed by atoms with van der Waals surface area (Å²) in [5.41, 5.74) is 3.77. The molecular formula is C16H23N3S. The number of benzene rings is 1. The minimum absolute atomic E-state index is 0.394. The maximum atomic E-state index is 4.55. The van der Waals surface area contributed by atoms with Crippen LogP contribution in [0.15, 0.2) is 29.6 Å². The molecule has 0 aliphatic carbocycles. The summed E-state index contributed by atoms with van der Waals surface area (Å²) in [5.74, 6) is 0. The largest absolute Gasteiger partial charge is 0.368 e. The van der Waals surface area contributed by atoms with Gasteiger partial charge in [-0.2, -0.15) is 0 Å². The molecule has 0 radical (unpaired) electrons. The molecule has 20 heavy (non-hydrogen) atoms. The van der Waals surface area contributed by atoms with E-state index in [1.807, 2.05) is 7.05 Å². The number of rotatable bonds is 6. The molecule has 1 heterocycles. The highest BCUT2D eigenvalue weighted by Gasteiger charge is 2.14. The first kappa shape index (κ1) is 15.0. The first-order valence-corrected chi connectivity index (χ1v) is 7.92. The smallest absolute Gasteiger partial charge is 0.0898 e. The van der Waals surface area contributed by atoms with Crippen molar-refractivity contribution in [3.8, 4) is 0 Å². The van der Waals surface area contributed by atoms with Crippen molar-refractivity contribution in [2.24, 2.45) is 0 Å². The van der Waals surface area contributed by atoms with E-state index in [4.69, 9.17) is 0 Å². The van der Waals surface area contributed by atoms with Gasteiger partial charge in [0.25, 0.3) is 0 Å². The molecule has 0 spiro atoms. The second-order valence-electron chi connectivity index (χ2n) is 5.02. The van der Waals surface area contributed by atoms with E-state index in [1.54, 1.807) is 11.3 Å². The third kappa shape index (κ3) is 3.38. The second-order valence-corrected chi connectivity index (χ2v) is 6.08. The Morgan fingerprint density at radius 2 is 2.10 bits per heavy atom. The van der Waals surface area contributed by atoms with Crippen molar-refractivity contribution in [2.75, 3.05) is 19.0 Å². The minimum atomic E-state index is 0.394. The number of nitrogens with one attached hydrogen (secondary N) is 1. The number of anilines is 1. The first-order chi connectivity index (χ1) is 9.65. The van der Waals surface area contributed by atoms with Crippen LogP contribution in [0.5, 0.6) is 0 Å². The molecule has 108 valence electrons. The summed E-state index contributed by atoms with van der Waals surface area (Å²) >= 11 is 1.71. The highest BCUT2D eigenvalue weighted by molar-refractivity contribution is 7.09. The van der Waals surface area contributed by atoms with E-state index < -0.39 is 0 Å². The van der Waals surface area contributed by atoms with Gasteiger partial charge in [0, 0.05) is 24.2 Å². The van der Waals surface area contributed by atoms with Crippen molar-refractivity contribution in [1.29, 1.82) is 0 Å². The molecule has 0 saturated heterocycles. The zero-order valence-corrected chi connectivity index (χ0v) is 13.5. The van der Waals surface area contributed by atoms with E-state index in [1.165, 1.54) is 11.3 Å². The fraction of sp³-hybridized carbons (Fsp3) is 0.438. The van der Waals surface area contributed by atoms with Gasteiger partial charge in [0.2, 0.25) is 0 Å².